The third kappa shape index (κ3) is 4.55. The monoisotopic (exact) mass is 244 g/mol. The van der Waals surface area contributed by atoms with Crippen molar-refractivity contribution >= 4 is 6.29 Å². The fourth-order valence-corrected chi connectivity index (χ4v) is 1.52. The molecular weight excluding hydrogens is 224 g/mol. The highest BCUT2D eigenvalue weighted by molar-refractivity contribution is 5.61. The smallest absolute Gasteiger partial charge is 0.151 e. The highest BCUT2D eigenvalue weighted by Gasteiger charge is 2.47. The number of hydrogen-bond acceptors (Lipinski definition) is 5. The van der Waals surface area contributed by atoms with Crippen molar-refractivity contribution in [1.82, 2.24) is 0 Å². The van der Waals surface area contributed by atoms with Crippen molar-refractivity contribution in [3.8, 4) is 0 Å². The zero-order valence-corrected chi connectivity index (χ0v) is 10.3. The first kappa shape index (κ1) is 14.3. The Labute approximate surface area is 102 Å². The van der Waals surface area contributed by atoms with Gasteiger partial charge < -0.3 is 23.7 Å². The van der Waals surface area contributed by atoms with Crippen LogP contribution in [0, 0.1) is 5.92 Å². The molecule has 1 fully saturated rings. The molecular formula is C12H20O5. The summed E-state index contributed by atoms with van der Waals surface area (Å²) in [6.45, 7) is 6.86. The topological polar surface area (TPSA) is 57.3 Å². The Hall–Kier alpha value is -0.750. The lowest BCUT2D eigenvalue weighted by atomic mass is 10.0. The van der Waals surface area contributed by atoms with Crippen molar-refractivity contribution in [2.45, 2.75) is 25.2 Å². The molecule has 0 amide bonds. The second kappa shape index (κ2) is 7.55. The number of carbonyl (C=O) groups excluding carboxylic acids is 1. The lowest BCUT2D eigenvalue weighted by Crippen LogP contribution is -2.29. The van der Waals surface area contributed by atoms with Crippen LogP contribution in [0.3, 0.4) is 0 Å². The van der Waals surface area contributed by atoms with Gasteiger partial charge in [-0.1, -0.05) is 13.0 Å². The third-order valence-corrected chi connectivity index (χ3v) is 2.69. The normalized spacial score (nSPS) is 26.2. The van der Waals surface area contributed by atoms with E-state index in [4.69, 9.17) is 18.9 Å². The predicted octanol–water partition coefficient (Wildman–Crippen LogP) is 0.780. The molecule has 0 N–H and O–H groups in total. The first-order valence-electron chi connectivity index (χ1n) is 5.66. The number of hydrogen-bond donors (Lipinski definition) is 0. The van der Waals surface area contributed by atoms with E-state index in [-0.39, 0.29) is 31.0 Å². The van der Waals surface area contributed by atoms with E-state index in [0.29, 0.717) is 13.2 Å². The summed E-state index contributed by atoms with van der Waals surface area (Å²) in [5.74, 6) is 0.107. The first-order valence-corrected chi connectivity index (χ1v) is 5.66. The second-order valence-electron chi connectivity index (χ2n) is 3.95. The van der Waals surface area contributed by atoms with Gasteiger partial charge in [0, 0.05) is 13.0 Å². The summed E-state index contributed by atoms with van der Waals surface area (Å²) in [5, 5.41) is 0. The summed E-state index contributed by atoms with van der Waals surface area (Å²) in [7, 11) is 1.61. The molecule has 0 radical (unpaired) electrons. The van der Waals surface area contributed by atoms with Gasteiger partial charge in [-0.05, 0) is 0 Å². The van der Waals surface area contributed by atoms with Gasteiger partial charge in [-0.2, -0.15) is 0 Å². The number of epoxide rings is 1. The van der Waals surface area contributed by atoms with Gasteiger partial charge in [-0.15, -0.1) is 6.58 Å². The Balaban J connectivity index is 2.27. The summed E-state index contributed by atoms with van der Waals surface area (Å²) < 4.78 is 20.8. The van der Waals surface area contributed by atoms with E-state index in [9.17, 15) is 4.79 Å². The van der Waals surface area contributed by atoms with Crippen LogP contribution < -0.4 is 0 Å². The van der Waals surface area contributed by atoms with Crippen molar-refractivity contribution < 1.29 is 23.7 Å². The molecule has 0 aliphatic carbocycles. The van der Waals surface area contributed by atoms with E-state index >= 15 is 0 Å². The van der Waals surface area contributed by atoms with Crippen LogP contribution in [0.15, 0.2) is 12.7 Å². The van der Waals surface area contributed by atoms with E-state index in [1.807, 2.05) is 6.92 Å². The average molecular weight is 244 g/mol. The number of carbonyl (C=O) groups is 1. The molecule has 98 valence electrons. The zero-order chi connectivity index (χ0) is 12.7. The molecule has 0 spiro atoms. The van der Waals surface area contributed by atoms with Crippen LogP contribution in [0.2, 0.25) is 0 Å². The molecule has 0 saturated carbocycles. The fourth-order valence-electron chi connectivity index (χ4n) is 1.52. The maximum Gasteiger partial charge on any atom is 0.151 e. The molecule has 1 heterocycles. The quantitative estimate of drug-likeness (QED) is 0.187. The summed E-state index contributed by atoms with van der Waals surface area (Å²) >= 11 is 0. The van der Waals surface area contributed by atoms with Crippen molar-refractivity contribution in [2.24, 2.45) is 5.92 Å². The van der Waals surface area contributed by atoms with Gasteiger partial charge in [0.15, 0.2) is 6.29 Å². The molecule has 1 saturated heterocycles. The van der Waals surface area contributed by atoms with Crippen LogP contribution in [-0.2, 0) is 23.7 Å². The van der Waals surface area contributed by atoms with E-state index in [2.05, 4.69) is 6.58 Å². The predicted molar refractivity (Wildman–Crippen MR) is 61.7 cm³/mol. The number of ether oxygens (including phenoxy) is 4. The second-order valence-corrected chi connectivity index (χ2v) is 3.95. The Kier molecular flexibility index (Phi) is 6.36. The summed E-state index contributed by atoms with van der Waals surface area (Å²) in [6, 6.07) is 0. The van der Waals surface area contributed by atoms with Crippen LogP contribution in [0.5, 0.6) is 0 Å². The Morgan fingerprint density at radius 3 is 2.76 bits per heavy atom. The van der Waals surface area contributed by atoms with Gasteiger partial charge in [0.25, 0.3) is 0 Å². The minimum absolute atomic E-state index is 0.107. The van der Waals surface area contributed by atoms with Gasteiger partial charge in [0.05, 0.1) is 19.3 Å². The van der Waals surface area contributed by atoms with Crippen LogP contribution in [-0.4, -0.2) is 51.7 Å². The molecule has 1 aliphatic heterocycles. The Bertz CT molecular complexity index is 243. The van der Waals surface area contributed by atoms with E-state index < -0.39 is 0 Å². The highest BCUT2D eigenvalue weighted by Crippen LogP contribution is 2.30. The molecule has 5 nitrogen and oxygen atoms in total. The number of methoxy groups -OCH3 is 1. The van der Waals surface area contributed by atoms with Gasteiger partial charge in [-0.25, -0.2) is 0 Å². The third-order valence-electron chi connectivity index (χ3n) is 2.69. The lowest BCUT2D eigenvalue weighted by Gasteiger charge is -2.20. The minimum Gasteiger partial charge on any atom is -0.382 e. The van der Waals surface area contributed by atoms with Gasteiger partial charge >= 0.3 is 0 Å². The molecule has 0 aromatic heterocycles. The molecule has 0 aromatic carbocycles. The van der Waals surface area contributed by atoms with Crippen LogP contribution in [0.1, 0.15) is 6.92 Å². The maximum absolute atomic E-state index is 10.6. The first-order chi connectivity index (χ1) is 8.24. The van der Waals surface area contributed by atoms with E-state index in [0.717, 1.165) is 6.29 Å². The van der Waals surface area contributed by atoms with Crippen LogP contribution >= 0.6 is 0 Å². The highest BCUT2D eigenvalue weighted by atomic mass is 16.7. The molecule has 1 aliphatic rings. The maximum atomic E-state index is 10.6. The lowest BCUT2D eigenvalue weighted by molar-refractivity contribution is -0.113. The van der Waals surface area contributed by atoms with E-state index in [1.165, 1.54) is 0 Å². The molecule has 0 unspecified atom stereocenters. The van der Waals surface area contributed by atoms with Gasteiger partial charge in [-0.3, -0.25) is 0 Å². The van der Waals surface area contributed by atoms with Crippen LogP contribution in [0.4, 0.5) is 0 Å². The minimum atomic E-state index is -0.346. The SMILES string of the molecule is C=C[C@@H](C)[C@H](OCOCCOC)[C@@H]1O[C@H]1C=O. The fraction of sp³-hybridized carbons (Fsp3) is 0.750. The van der Waals surface area contributed by atoms with E-state index in [1.54, 1.807) is 13.2 Å². The van der Waals surface area contributed by atoms with Gasteiger partial charge in [0.2, 0.25) is 0 Å². The molecule has 0 bridgehead atoms. The largest absolute Gasteiger partial charge is 0.382 e. The van der Waals surface area contributed by atoms with Crippen molar-refractivity contribution in [2.75, 3.05) is 27.1 Å². The molecule has 4 atom stereocenters. The number of rotatable bonds is 10. The molecule has 17 heavy (non-hydrogen) atoms. The van der Waals surface area contributed by atoms with Crippen molar-refractivity contribution in [1.29, 1.82) is 0 Å². The van der Waals surface area contributed by atoms with Crippen molar-refractivity contribution in [3.05, 3.63) is 12.7 Å². The molecule has 0 aromatic rings. The summed E-state index contributed by atoms with van der Waals surface area (Å²) in [4.78, 5) is 10.6. The van der Waals surface area contributed by atoms with Gasteiger partial charge in [0.1, 0.15) is 19.0 Å². The standard InChI is InChI=1S/C12H20O5/c1-4-9(2)11(12-10(7-13)17-12)16-8-15-6-5-14-3/h4,7,9-12H,1,5-6,8H2,2-3H3/t9-,10+,11+,12-/m1/s1. The zero-order valence-electron chi connectivity index (χ0n) is 10.3. The average Bonchev–Trinajstić information content (AvgIpc) is 3.12. The summed E-state index contributed by atoms with van der Waals surface area (Å²) in [5.41, 5.74) is 0. The Morgan fingerprint density at radius 1 is 1.47 bits per heavy atom. The van der Waals surface area contributed by atoms with Crippen LogP contribution in [0.25, 0.3) is 0 Å². The Morgan fingerprint density at radius 2 is 2.24 bits per heavy atom. The molecule has 5 heteroatoms. The van der Waals surface area contributed by atoms with Crippen molar-refractivity contribution in [3.63, 3.8) is 0 Å². The molecule has 1 rings (SSSR count). The number of aldehydes is 1. The summed E-state index contributed by atoms with van der Waals surface area (Å²) in [6.07, 6.45) is 1.87.